The first kappa shape index (κ1) is 10.7. The SMILES string of the molecule is NC(CC1(COC2CCOC2)CC1)=NO. The highest BCUT2D eigenvalue weighted by Crippen LogP contribution is 2.49. The molecule has 1 aliphatic carbocycles. The van der Waals surface area contributed by atoms with Crippen LogP contribution in [0.25, 0.3) is 0 Å². The fourth-order valence-electron chi connectivity index (χ4n) is 1.91. The summed E-state index contributed by atoms with van der Waals surface area (Å²) in [5.41, 5.74) is 5.64. The minimum Gasteiger partial charge on any atom is -0.409 e. The summed E-state index contributed by atoms with van der Waals surface area (Å²) in [6.07, 6.45) is 4.08. The number of amidine groups is 1. The Bertz CT molecular complexity index is 245. The van der Waals surface area contributed by atoms with Crippen LogP contribution >= 0.6 is 0 Å². The summed E-state index contributed by atoms with van der Waals surface area (Å²) in [5, 5.41) is 11.5. The van der Waals surface area contributed by atoms with Crippen LogP contribution in [-0.4, -0.2) is 37.0 Å². The summed E-state index contributed by atoms with van der Waals surface area (Å²) in [7, 11) is 0. The van der Waals surface area contributed by atoms with Crippen molar-refractivity contribution in [3.05, 3.63) is 0 Å². The molecule has 2 fully saturated rings. The van der Waals surface area contributed by atoms with Gasteiger partial charge in [0.15, 0.2) is 0 Å². The Hall–Kier alpha value is -0.810. The van der Waals surface area contributed by atoms with Crippen molar-refractivity contribution >= 4 is 5.84 Å². The third-order valence-corrected chi connectivity index (χ3v) is 3.15. The van der Waals surface area contributed by atoms with Crippen molar-refractivity contribution in [3.8, 4) is 0 Å². The zero-order valence-electron chi connectivity index (χ0n) is 8.82. The number of oxime groups is 1. The summed E-state index contributed by atoms with van der Waals surface area (Å²) in [5.74, 6) is 0.304. The second-order valence-corrected chi connectivity index (χ2v) is 4.56. The zero-order valence-corrected chi connectivity index (χ0v) is 8.82. The van der Waals surface area contributed by atoms with Crippen molar-refractivity contribution in [2.75, 3.05) is 19.8 Å². The highest BCUT2D eigenvalue weighted by Gasteiger charge is 2.44. The van der Waals surface area contributed by atoms with Crippen LogP contribution in [0.15, 0.2) is 5.16 Å². The number of nitrogens with two attached hydrogens (primary N) is 1. The van der Waals surface area contributed by atoms with E-state index in [-0.39, 0.29) is 11.5 Å². The molecule has 0 aromatic rings. The smallest absolute Gasteiger partial charge is 0.139 e. The molecule has 0 spiro atoms. The Kier molecular flexibility index (Phi) is 3.11. The largest absolute Gasteiger partial charge is 0.409 e. The van der Waals surface area contributed by atoms with E-state index in [0.29, 0.717) is 25.5 Å². The molecule has 1 saturated carbocycles. The van der Waals surface area contributed by atoms with E-state index in [0.717, 1.165) is 25.9 Å². The number of ether oxygens (including phenoxy) is 2. The topological polar surface area (TPSA) is 77.1 Å². The lowest BCUT2D eigenvalue weighted by molar-refractivity contribution is 0.0171. The van der Waals surface area contributed by atoms with Crippen LogP contribution in [-0.2, 0) is 9.47 Å². The molecule has 5 heteroatoms. The Balaban J connectivity index is 1.73. The summed E-state index contributed by atoms with van der Waals surface area (Å²) in [6, 6.07) is 0. The van der Waals surface area contributed by atoms with Crippen LogP contribution in [0.1, 0.15) is 25.7 Å². The fraction of sp³-hybridized carbons (Fsp3) is 0.900. The molecular weight excluding hydrogens is 196 g/mol. The highest BCUT2D eigenvalue weighted by atomic mass is 16.5. The lowest BCUT2D eigenvalue weighted by Gasteiger charge is -2.17. The van der Waals surface area contributed by atoms with E-state index in [1.807, 2.05) is 0 Å². The minimum atomic E-state index is 0.138. The monoisotopic (exact) mass is 214 g/mol. The molecule has 5 nitrogen and oxygen atoms in total. The van der Waals surface area contributed by atoms with Gasteiger partial charge in [-0.05, 0) is 19.3 Å². The average Bonchev–Trinajstić information content (AvgIpc) is 2.81. The molecule has 3 N–H and O–H groups in total. The van der Waals surface area contributed by atoms with Gasteiger partial charge in [0, 0.05) is 18.4 Å². The molecule has 0 bridgehead atoms. The maximum Gasteiger partial charge on any atom is 0.139 e. The maximum atomic E-state index is 8.51. The van der Waals surface area contributed by atoms with Gasteiger partial charge in [-0.3, -0.25) is 0 Å². The molecule has 0 aromatic heterocycles. The summed E-state index contributed by atoms with van der Waals surface area (Å²) in [4.78, 5) is 0. The normalized spacial score (nSPS) is 29.3. The molecular formula is C10H18N2O3. The van der Waals surface area contributed by atoms with E-state index in [9.17, 15) is 0 Å². The van der Waals surface area contributed by atoms with Crippen LogP contribution in [0.4, 0.5) is 0 Å². The summed E-state index contributed by atoms with van der Waals surface area (Å²) < 4.78 is 11.0. The predicted octanol–water partition coefficient (Wildman–Crippen LogP) is 0.709. The third kappa shape index (κ3) is 2.82. The number of hydrogen-bond acceptors (Lipinski definition) is 4. The van der Waals surface area contributed by atoms with Gasteiger partial charge < -0.3 is 20.4 Å². The molecule has 2 rings (SSSR count). The first-order valence-corrected chi connectivity index (χ1v) is 5.40. The van der Waals surface area contributed by atoms with Crippen molar-refractivity contribution in [1.29, 1.82) is 0 Å². The van der Waals surface area contributed by atoms with E-state index in [1.165, 1.54) is 0 Å². The molecule has 0 amide bonds. The van der Waals surface area contributed by atoms with Crippen molar-refractivity contribution in [2.45, 2.75) is 31.8 Å². The second-order valence-electron chi connectivity index (χ2n) is 4.56. The van der Waals surface area contributed by atoms with Gasteiger partial charge in [-0.1, -0.05) is 5.16 Å². The van der Waals surface area contributed by atoms with Crippen molar-refractivity contribution in [1.82, 2.24) is 0 Å². The van der Waals surface area contributed by atoms with Gasteiger partial charge in [0.2, 0.25) is 0 Å². The van der Waals surface area contributed by atoms with Gasteiger partial charge in [0.1, 0.15) is 5.84 Å². The molecule has 1 atom stereocenters. The molecule has 86 valence electrons. The Morgan fingerprint density at radius 1 is 1.60 bits per heavy atom. The van der Waals surface area contributed by atoms with Crippen molar-refractivity contribution in [3.63, 3.8) is 0 Å². The van der Waals surface area contributed by atoms with Gasteiger partial charge in [0.05, 0.1) is 19.3 Å². The Morgan fingerprint density at radius 3 is 2.93 bits per heavy atom. The van der Waals surface area contributed by atoms with E-state index in [1.54, 1.807) is 0 Å². The zero-order chi connectivity index (χ0) is 10.7. The van der Waals surface area contributed by atoms with E-state index in [4.69, 9.17) is 20.4 Å². The van der Waals surface area contributed by atoms with E-state index >= 15 is 0 Å². The third-order valence-electron chi connectivity index (χ3n) is 3.15. The number of rotatable bonds is 5. The van der Waals surface area contributed by atoms with Crippen LogP contribution in [0, 0.1) is 5.41 Å². The predicted molar refractivity (Wildman–Crippen MR) is 54.9 cm³/mol. The summed E-state index contributed by atoms with van der Waals surface area (Å²) >= 11 is 0. The molecule has 15 heavy (non-hydrogen) atoms. The molecule has 1 aliphatic heterocycles. The van der Waals surface area contributed by atoms with Gasteiger partial charge in [-0.25, -0.2) is 0 Å². The van der Waals surface area contributed by atoms with E-state index in [2.05, 4.69) is 5.16 Å². The number of hydrogen-bond donors (Lipinski definition) is 2. The number of nitrogens with zero attached hydrogens (tertiary/aromatic N) is 1. The minimum absolute atomic E-state index is 0.138. The molecule has 2 aliphatic rings. The quantitative estimate of drug-likeness (QED) is 0.306. The molecule has 1 saturated heterocycles. The van der Waals surface area contributed by atoms with Crippen molar-refractivity contribution < 1.29 is 14.7 Å². The van der Waals surface area contributed by atoms with Gasteiger partial charge in [-0.2, -0.15) is 0 Å². The maximum absolute atomic E-state index is 8.51. The highest BCUT2D eigenvalue weighted by molar-refractivity contribution is 5.80. The Morgan fingerprint density at radius 2 is 2.40 bits per heavy atom. The van der Waals surface area contributed by atoms with Crippen LogP contribution in [0.2, 0.25) is 0 Å². The molecule has 1 heterocycles. The first-order valence-electron chi connectivity index (χ1n) is 5.40. The van der Waals surface area contributed by atoms with Crippen LogP contribution < -0.4 is 5.73 Å². The van der Waals surface area contributed by atoms with Gasteiger partial charge in [-0.15, -0.1) is 0 Å². The lowest BCUT2D eigenvalue weighted by Crippen LogP contribution is -2.24. The summed E-state index contributed by atoms with van der Waals surface area (Å²) in [6.45, 7) is 2.22. The second kappa shape index (κ2) is 4.37. The molecule has 1 unspecified atom stereocenters. The van der Waals surface area contributed by atoms with E-state index < -0.39 is 0 Å². The Labute approximate surface area is 89.2 Å². The first-order chi connectivity index (χ1) is 7.24. The molecule has 0 aromatic carbocycles. The average molecular weight is 214 g/mol. The molecule has 0 radical (unpaired) electrons. The van der Waals surface area contributed by atoms with Gasteiger partial charge >= 0.3 is 0 Å². The van der Waals surface area contributed by atoms with Crippen LogP contribution in [0.5, 0.6) is 0 Å². The van der Waals surface area contributed by atoms with Crippen LogP contribution in [0.3, 0.4) is 0 Å². The van der Waals surface area contributed by atoms with Crippen molar-refractivity contribution in [2.24, 2.45) is 16.3 Å². The standard InChI is InChI=1S/C10H18N2O3/c11-9(12-13)5-10(2-3-10)7-15-8-1-4-14-6-8/h8,13H,1-7H2,(H2,11,12). The fourth-order valence-corrected chi connectivity index (χ4v) is 1.91. The lowest BCUT2D eigenvalue weighted by atomic mass is 10.0. The van der Waals surface area contributed by atoms with Gasteiger partial charge in [0.25, 0.3) is 0 Å².